The van der Waals surface area contributed by atoms with Crippen molar-refractivity contribution in [1.82, 2.24) is 10.2 Å². The van der Waals surface area contributed by atoms with Crippen LogP contribution >= 0.6 is 11.6 Å². The number of ether oxygens (including phenoxy) is 1. The van der Waals surface area contributed by atoms with Gasteiger partial charge in [-0.15, -0.1) is 0 Å². The number of amides is 3. The molecule has 0 fully saturated rings. The molecule has 238 valence electrons. The molecule has 0 saturated heterocycles. The summed E-state index contributed by atoms with van der Waals surface area (Å²) in [6.07, 6.45) is 4.90. The molecule has 2 rings (SSSR count). The molecule has 0 bridgehead atoms. The number of alkyl carbamates (subject to hydrolysis) is 1. The van der Waals surface area contributed by atoms with Crippen LogP contribution in [0.25, 0.3) is 0 Å². The van der Waals surface area contributed by atoms with Crippen molar-refractivity contribution in [2.75, 3.05) is 11.9 Å². The summed E-state index contributed by atoms with van der Waals surface area (Å²) in [5.41, 5.74) is 3.19. The maximum atomic E-state index is 14.6. The highest BCUT2D eigenvalue weighted by atomic mass is 35.5. The van der Waals surface area contributed by atoms with Crippen LogP contribution in [-0.4, -0.2) is 41.0 Å². The Kier molecular flexibility index (Phi) is 14.0. The number of halogens is 1. The van der Waals surface area contributed by atoms with Crippen molar-refractivity contribution in [2.24, 2.45) is 5.92 Å². The first kappa shape index (κ1) is 36.1. The molecular formula is C35H52ClN3O4. The van der Waals surface area contributed by atoms with Crippen LogP contribution in [0, 0.1) is 26.7 Å². The van der Waals surface area contributed by atoms with E-state index in [2.05, 4.69) is 17.6 Å². The van der Waals surface area contributed by atoms with Crippen molar-refractivity contribution < 1.29 is 19.1 Å². The summed E-state index contributed by atoms with van der Waals surface area (Å²) in [7, 11) is 0. The van der Waals surface area contributed by atoms with E-state index >= 15 is 0 Å². The van der Waals surface area contributed by atoms with Crippen molar-refractivity contribution in [2.45, 2.75) is 119 Å². The van der Waals surface area contributed by atoms with Crippen LogP contribution in [0.5, 0.6) is 0 Å². The number of carbonyl (C=O) groups is 3. The maximum absolute atomic E-state index is 14.6. The van der Waals surface area contributed by atoms with Crippen LogP contribution in [0.1, 0.15) is 108 Å². The molecule has 2 N–H and O–H groups in total. The molecule has 2 aromatic carbocycles. The van der Waals surface area contributed by atoms with Gasteiger partial charge in [-0.3, -0.25) is 9.59 Å². The van der Waals surface area contributed by atoms with Gasteiger partial charge in [0, 0.05) is 6.54 Å². The summed E-state index contributed by atoms with van der Waals surface area (Å²) in [6, 6.07) is 9.50. The normalized spacial score (nSPS) is 13.5. The number of aryl methyl sites for hydroxylation is 3. The fourth-order valence-corrected chi connectivity index (χ4v) is 5.49. The first-order chi connectivity index (χ1) is 20.2. The Hall–Kier alpha value is -3.06. The molecule has 43 heavy (non-hydrogen) atoms. The van der Waals surface area contributed by atoms with Gasteiger partial charge in [0.05, 0.1) is 10.7 Å². The smallest absolute Gasteiger partial charge is 0.408 e. The number of nitrogens with zero attached hydrogens (tertiary/aromatic N) is 1. The summed E-state index contributed by atoms with van der Waals surface area (Å²) < 4.78 is 5.54. The van der Waals surface area contributed by atoms with E-state index in [4.69, 9.17) is 16.3 Å². The molecule has 7 nitrogen and oxygen atoms in total. The minimum Gasteiger partial charge on any atom is -0.444 e. The summed E-state index contributed by atoms with van der Waals surface area (Å²) in [5, 5.41) is 6.33. The molecule has 3 unspecified atom stereocenters. The lowest BCUT2D eigenvalue weighted by Gasteiger charge is -2.37. The average Bonchev–Trinajstić information content (AvgIpc) is 2.92. The van der Waals surface area contributed by atoms with Crippen LogP contribution in [0.15, 0.2) is 36.4 Å². The van der Waals surface area contributed by atoms with Gasteiger partial charge in [0.1, 0.15) is 17.7 Å². The zero-order valence-corrected chi connectivity index (χ0v) is 28.4. The predicted molar refractivity (Wildman–Crippen MR) is 177 cm³/mol. The van der Waals surface area contributed by atoms with Crippen molar-refractivity contribution in [3.8, 4) is 0 Å². The average molecular weight is 614 g/mol. The molecule has 0 radical (unpaired) electrons. The van der Waals surface area contributed by atoms with Gasteiger partial charge in [-0.25, -0.2) is 4.79 Å². The van der Waals surface area contributed by atoms with Crippen molar-refractivity contribution >= 4 is 35.2 Å². The predicted octanol–water partition coefficient (Wildman–Crippen LogP) is 8.68. The van der Waals surface area contributed by atoms with Crippen molar-refractivity contribution in [3.63, 3.8) is 0 Å². The Labute approximate surface area is 264 Å². The second kappa shape index (κ2) is 16.7. The van der Waals surface area contributed by atoms with E-state index < -0.39 is 23.8 Å². The maximum Gasteiger partial charge on any atom is 0.408 e. The highest BCUT2D eigenvalue weighted by Crippen LogP contribution is 2.33. The van der Waals surface area contributed by atoms with Gasteiger partial charge in [-0.2, -0.15) is 0 Å². The Morgan fingerprint density at radius 2 is 1.49 bits per heavy atom. The summed E-state index contributed by atoms with van der Waals surface area (Å²) in [6.45, 7) is 17.6. The molecular weight excluding hydrogens is 562 g/mol. The number of carbonyl (C=O) groups excluding carboxylic acids is 3. The van der Waals surface area contributed by atoms with Gasteiger partial charge in [-0.05, 0) is 82.2 Å². The lowest BCUT2D eigenvalue weighted by Crippen LogP contribution is -2.55. The van der Waals surface area contributed by atoms with E-state index in [0.717, 1.165) is 54.4 Å². The van der Waals surface area contributed by atoms with Gasteiger partial charge >= 0.3 is 6.09 Å². The van der Waals surface area contributed by atoms with E-state index in [-0.39, 0.29) is 17.7 Å². The number of anilines is 1. The fourth-order valence-electron chi connectivity index (χ4n) is 5.22. The molecule has 3 amide bonds. The third-order valence-corrected chi connectivity index (χ3v) is 8.10. The van der Waals surface area contributed by atoms with Crippen LogP contribution in [0.4, 0.5) is 10.5 Å². The first-order valence-electron chi connectivity index (χ1n) is 15.6. The highest BCUT2D eigenvalue weighted by Gasteiger charge is 2.39. The number of hydrogen-bond acceptors (Lipinski definition) is 4. The van der Waals surface area contributed by atoms with E-state index in [1.54, 1.807) is 31.7 Å². The minimum absolute atomic E-state index is 0.199. The third-order valence-electron chi connectivity index (χ3n) is 7.78. The Morgan fingerprint density at radius 1 is 0.907 bits per heavy atom. The number of unbranched alkanes of at least 4 members (excludes halogenated alkanes) is 4. The summed E-state index contributed by atoms with van der Waals surface area (Å²) >= 11 is 6.53. The topological polar surface area (TPSA) is 87.7 Å². The first-order valence-corrected chi connectivity index (χ1v) is 16.0. The van der Waals surface area contributed by atoms with E-state index in [1.165, 1.54) is 0 Å². The molecule has 0 spiro atoms. The molecule has 0 aliphatic heterocycles. The van der Waals surface area contributed by atoms with Gasteiger partial charge in [0.2, 0.25) is 5.91 Å². The van der Waals surface area contributed by atoms with E-state index in [1.807, 2.05) is 65.0 Å². The van der Waals surface area contributed by atoms with Gasteiger partial charge in [-0.1, -0.05) is 94.8 Å². The third kappa shape index (κ3) is 10.6. The molecule has 0 aliphatic carbocycles. The van der Waals surface area contributed by atoms with Crippen molar-refractivity contribution in [1.29, 1.82) is 0 Å². The lowest BCUT2D eigenvalue weighted by atomic mass is 9.91. The quantitative estimate of drug-likeness (QED) is 0.209. The molecule has 3 atom stereocenters. The number of para-hydroxylation sites is 1. The van der Waals surface area contributed by atoms with Crippen LogP contribution in [0.3, 0.4) is 0 Å². The van der Waals surface area contributed by atoms with Gasteiger partial charge in [0.25, 0.3) is 5.91 Å². The number of rotatable bonds is 14. The molecule has 0 aromatic heterocycles. The standard InChI is InChI=1S/C35H52ClN3O4/c1-10-12-13-14-15-22-39(33(41)30(23(3)11-2)38-34(42)43-35(7,8)9)31(28-24(4)18-16-19-25(28)5)32(40)37-29-26(6)20-17-21-27(29)36/h16-21,23,30-31H,10-15,22H2,1-9H3,(H,37,40)(H,38,42). The second-order valence-corrected chi connectivity index (χ2v) is 13.0. The zero-order chi connectivity index (χ0) is 32.3. The highest BCUT2D eigenvalue weighted by molar-refractivity contribution is 6.34. The number of nitrogens with one attached hydrogen (secondary N) is 2. The molecule has 0 heterocycles. The van der Waals surface area contributed by atoms with Gasteiger partial charge in [0.15, 0.2) is 0 Å². The molecule has 0 aliphatic rings. The second-order valence-electron chi connectivity index (χ2n) is 12.6. The minimum atomic E-state index is -0.942. The zero-order valence-electron chi connectivity index (χ0n) is 27.6. The van der Waals surface area contributed by atoms with Crippen molar-refractivity contribution in [3.05, 3.63) is 63.7 Å². The SMILES string of the molecule is CCCCCCCN(C(=O)C(NC(=O)OC(C)(C)C)C(C)CC)C(C(=O)Nc1c(C)cccc1Cl)c1c(C)cccc1C. The van der Waals surface area contributed by atoms with Crippen LogP contribution in [-0.2, 0) is 14.3 Å². The molecule has 8 heteroatoms. The summed E-state index contributed by atoms with van der Waals surface area (Å²) in [4.78, 5) is 43.7. The number of benzene rings is 2. The number of hydrogen-bond donors (Lipinski definition) is 2. The Morgan fingerprint density at radius 3 is 2.05 bits per heavy atom. The lowest BCUT2D eigenvalue weighted by molar-refractivity contribution is -0.142. The molecule has 0 saturated carbocycles. The monoisotopic (exact) mass is 613 g/mol. The van der Waals surface area contributed by atoms with E-state index in [0.29, 0.717) is 23.7 Å². The summed E-state index contributed by atoms with van der Waals surface area (Å²) in [5.74, 6) is -0.861. The van der Waals surface area contributed by atoms with Crippen LogP contribution in [0.2, 0.25) is 5.02 Å². The van der Waals surface area contributed by atoms with Gasteiger partial charge < -0.3 is 20.3 Å². The largest absolute Gasteiger partial charge is 0.444 e. The van der Waals surface area contributed by atoms with E-state index in [9.17, 15) is 14.4 Å². The van der Waals surface area contributed by atoms with Crippen LogP contribution < -0.4 is 10.6 Å². The molecule has 2 aromatic rings. The Bertz CT molecular complexity index is 1200. The fraction of sp³-hybridized carbons (Fsp3) is 0.571. The Balaban J connectivity index is 2.66.